The molecule has 7 heteroatoms. The van der Waals surface area contributed by atoms with E-state index in [4.69, 9.17) is 11.6 Å². The highest BCUT2D eigenvalue weighted by molar-refractivity contribution is 7.14. The van der Waals surface area contributed by atoms with Gasteiger partial charge in [-0.2, -0.15) is 0 Å². The molecule has 3 rings (SSSR count). The minimum absolute atomic E-state index is 0.0172. The van der Waals surface area contributed by atoms with E-state index in [-0.39, 0.29) is 11.7 Å². The van der Waals surface area contributed by atoms with Gasteiger partial charge in [0.2, 0.25) is 0 Å². The fraction of sp³-hybridized carbons (Fsp3) is 0.357. The minimum atomic E-state index is -0.119. The van der Waals surface area contributed by atoms with Crippen molar-refractivity contribution in [2.75, 3.05) is 41.9 Å². The van der Waals surface area contributed by atoms with E-state index in [2.05, 4.69) is 19.8 Å². The predicted molar refractivity (Wildman–Crippen MR) is 85.8 cm³/mol. The van der Waals surface area contributed by atoms with Crippen LogP contribution in [0.25, 0.3) is 0 Å². The van der Waals surface area contributed by atoms with E-state index in [0.717, 1.165) is 37.1 Å². The lowest BCUT2D eigenvalue weighted by Gasteiger charge is -2.35. The maximum atomic E-state index is 11.5. The van der Waals surface area contributed by atoms with Crippen LogP contribution in [0.3, 0.4) is 0 Å². The summed E-state index contributed by atoms with van der Waals surface area (Å²) in [6.45, 7) is 3.54. The van der Waals surface area contributed by atoms with Crippen LogP contribution in [-0.2, 0) is 0 Å². The third-order valence-electron chi connectivity index (χ3n) is 3.42. The molecule has 21 heavy (non-hydrogen) atoms. The van der Waals surface area contributed by atoms with Gasteiger partial charge in [0.15, 0.2) is 10.9 Å². The van der Waals surface area contributed by atoms with E-state index in [0.29, 0.717) is 5.69 Å². The zero-order valence-electron chi connectivity index (χ0n) is 11.4. The van der Waals surface area contributed by atoms with Crippen LogP contribution in [0.15, 0.2) is 29.8 Å². The number of aromatic nitrogens is 2. The number of pyridine rings is 1. The second-order valence-corrected chi connectivity index (χ2v) is 5.84. The molecule has 0 atom stereocenters. The van der Waals surface area contributed by atoms with Crippen LogP contribution >= 0.6 is 22.9 Å². The van der Waals surface area contributed by atoms with Gasteiger partial charge in [-0.05, 0) is 12.1 Å². The Labute approximate surface area is 132 Å². The van der Waals surface area contributed by atoms with Crippen LogP contribution in [0.5, 0.6) is 0 Å². The van der Waals surface area contributed by atoms with E-state index in [1.54, 1.807) is 5.38 Å². The van der Waals surface area contributed by atoms with E-state index < -0.39 is 0 Å². The van der Waals surface area contributed by atoms with Crippen molar-refractivity contribution in [1.82, 2.24) is 9.97 Å². The van der Waals surface area contributed by atoms with Crippen molar-refractivity contribution in [3.05, 3.63) is 35.5 Å². The summed E-state index contributed by atoms with van der Waals surface area (Å²) in [5, 5.41) is 2.68. The molecule has 2 aromatic heterocycles. The van der Waals surface area contributed by atoms with Crippen LogP contribution in [0.1, 0.15) is 10.5 Å². The monoisotopic (exact) mass is 322 g/mol. The number of rotatable bonds is 4. The molecular formula is C14H15ClN4OS. The number of alkyl halides is 1. The van der Waals surface area contributed by atoms with Gasteiger partial charge in [-0.25, -0.2) is 9.97 Å². The quantitative estimate of drug-likeness (QED) is 0.638. The molecule has 0 radical (unpaired) electrons. The topological polar surface area (TPSA) is 49.3 Å². The molecule has 1 fully saturated rings. The summed E-state index contributed by atoms with van der Waals surface area (Å²) in [6, 6.07) is 5.95. The second kappa shape index (κ2) is 6.41. The van der Waals surface area contributed by atoms with Crippen molar-refractivity contribution >= 4 is 39.7 Å². The van der Waals surface area contributed by atoms with Crippen molar-refractivity contribution in [1.29, 1.82) is 0 Å². The number of carbonyl (C=O) groups is 1. The normalized spacial score (nSPS) is 15.3. The van der Waals surface area contributed by atoms with Crippen molar-refractivity contribution in [2.24, 2.45) is 0 Å². The van der Waals surface area contributed by atoms with Crippen molar-refractivity contribution in [2.45, 2.75) is 0 Å². The molecule has 2 aromatic rings. The van der Waals surface area contributed by atoms with Gasteiger partial charge in [0.25, 0.3) is 0 Å². The van der Waals surface area contributed by atoms with Crippen molar-refractivity contribution in [3.63, 3.8) is 0 Å². The lowest BCUT2D eigenvalue weighted by Crippen LogP contribution is -2.46. The van der Waals surface area contributed by atoms with Crippen LogP contribution in [0, 0.1) is 0 Å². The molecule has 0 amide bonds. The first kappa shape index (κ1) is 14.3. The van der Waals surface area contributed by atoms with Crippen LogP contribution in [0.2, 0.25) is 0 Å². The number of nitrogens with zero attached hydrogens (tertiary/aromatic N) is 4. The zero-order valence-corrected chi connectivity index (χ0v) is 13.0. The standard InChI is InChI=1S/C14H15ClN4OS/c15-9-12(20)11-10-21-14(17-11)19-7-5-18(6-8-19)13-3-1-2-4-16-13/h1-4,10H,5-9H2. The summed E-state index contributed by atoms with van der Waals surface area (Å²) in [7, 11) is 0. The average Bonchev–Trinajstić information content (AvgIpc) is 3.05. The number of hydrogen-bond acceptors (Lipinski definition) is 6. The highest BCUT2D eigenvalue weighted by atomic mass is 35.5. The first-order valence-electron chi connectivity index (χ1n) is 6.73. The molecule has 110 valence electrons. The molecule has 1 saturated heterocycles. The van der Waals surface area contributed by atoms with Crippen LogP contribution < -0.4 is 9.80 Å². The third-order valence-corrected chi connectivity index (χ3v) is 4.57. The first-order valence-corrected chi connectivity index (χ1v) is 8.15. The summed E-state index contributed by atoms with van der Waals surface area (Å²) < 4.78 is 0. The van der Waals surface area contributed by atoms with Crippen LogP contribution in [-0.4, -0.2) is 47.8 Å². The van der Waals surface area contributed by atoms with Gasteiger partial charge in [-0.1, -0.05) is 6.07 Å². The Balaban J connectivity index is 1.63. The summed E-state index contributed by atoms with van der Waals surface area (Å²) in [6.07, 6.45) is 1.81. The van der Waals surface area contributed by atoms with Crippen molar-refractivity contribution in [3.8, 4) is 0 Å². The fourth-order valence-corrected chi connectivity index (χ4v) is 3.29. The molecule has 0 unspecified atom stereocenters. The zero-order chi connectivity index (χ0) is 14.7. The van der Waals surface area contributed by atoms with Gasteiger partial charge in [-0.3, -0.25) is 4.79 Å². The maximum absolute atomic E-state index is 11.5. The summed E-state index contributed by atoms with van der Waals surface area (Å²) in [5.41, 5.74) is 0.470. The van der Waals surface area contributed by atoms with Gasteiger partial charge in [0.05, 0.1) is 5.88 Å². The van der Waals surface area contributed by atoms with E-state index >= 15 is 0 Å². The molecule has 5 nitrogen and oxygen atoms in total. The molecule has 0 aromatic carbocycles. The molecule has 3 heterocycles. The lowest BCUT2D eigenvalue weighted by atomic mass is 10.3. The molecule has 0 aliphatic carbocycles. The van der Waals surface area contributed by atoms with Gasteiger partial charge < -0.3 is 9.80 Å². The number of hydrogen-bond donors (Lipinski definition) is 0. The molecule has 1 aliphatic heterocycles. The molecule has 0 spiro atoms. The number of piperazine rings is 1. The maximum Gasteiger partial charge on any atom is 0.196 e. The van der Waals surface area contributed by atoms with Gasteiger partial charge in [-0.15, -0.1) is 22.9 Å². The molecule has 1 aliphatic rings. The average molecular weight is 323 g/mol. The predicted octanol–water partition coefficient (Wildman–Crippen LogP) is 2.29. The minimum Gasteiger partial charge on any atom is -0.353 e. The number of Topliss-reactive ketones (excluding diaryl/α,β-unsaturated/α-hetero) is 1. The summed E-state index contributed by atoms with van der Waals surface area (Å²) >= 11 is 7.05. The summed E-state index contributed by atoms with van der Waals surface area (Å²) in [5.74, 6) is 0.872. The Bertz CT molecular complexity index is 610. The van der Waals surface area contributed by atoms with Gasteiger partial charge >= 0.3 is 0 Å². The Morgan fingerprint density at radius 3 is 2.67 bits per heavy atom. The number of ketones is 1. The number of carbonyl (C=O) groups excluding carboxylic acids is 1. The Morgan fingerprint density at radius 1 is 1.24 bits per heavy atom. The highest BCUT2D eigenvalue weighted by Crippen LogP contribution is 2.23. The largest absolute Gasteiger partial charge is 0.353 e. The molecule has 0 saturated carbocycles. The Kier molecular flexibility index (Phi) is 4.36. The third kappa shape index (κ3) is 3.16. The smallest absolute Gasteiger partial charge is 0.196 e. The SMILES string of the molecule is O=C(CCl)c1csc(N2CCN(c3ccccn3)CC2)n1. The fourth-order valence-electron chi connectivity index (χ4n) is 2.27. The van der Waals surface area contributed by atoms with Gasteiger partial charge in [0.1, 0.15) is 11.5 Å². The van der Waals surface area contributed by atoms with E-state index in [1.165, 1.54) is 11.3 Å². The van der Waals surface area contributed by atoms with Crippen LogP contribution in [0.4, 0.5) is 10.9 Å². The summed E-state index contributed by atoms with van der Waals surface area (Å²) in [4.78, 5) is 24.7. The molecular weight excluding hydrogens is 308 g/mol. The van der Waals surface area contributed by atoms with Gasteiger partial charge in [0, 0.05) is 37.8 Å². The Hall–Kier alpha value is -1.66. The Morgan fingerprint density at radius 2 is 2.00 bits per heavy atom. The lowest BCUT2D eigenvalue weighted by molar-refractivity contribution is 0.101. The number of halogens is 1. The highest BCUT2D eigenvalue weighted by Gasteiger charge is 2.21. The number of thiazole rings is 1. The molecule has 0 N–H and O–H groups in total. The van der Waals surface area contributed by atoms with Crippen molar-refractivity contribution < 1.29 is 4.79 Å². The number of anilines is 2. The molecule has 0 bridgehead atoms. The van der Waals surface area contributed by atoms with E-state index in [9.17, 15) is 4.79 Å². The first-order chi connectivity index (χ1) is 10.3. The van der Waals surface area contributed by atoms with E-state index in [1.807, 2.05) is 24.4 Å². The second-order valence-electron chi connectivity index (χ2n) is 4.73.